The molecular weight excluding hydrogens is 571 g/mol. The maximum atomic E-state index is 11.9. The van der Waals surface area contributed by atoms with Gasteiger partial charge in [0.05, 0.1) is 6.54 Å². The Kier molecular flexibility index (Phi) is 9.02. The summed E-state index contributed by atoms with van der Waals surface area (Å²) in [5.74, 6) is 15.8. The van der Waals surface area contributed by atoms with Gasteiger partial charge in [-0.2, -0.15) is 4.91 Å². The molecule has 11 bridgehead atoms. The van der Waals surface area contributed by atoms with E-state index in [1.807, 2.05) is 0 Å². The Morgan fingerprint density at radius 2 is 1.21 bits per heavy atom. The molecule has 0 aromatic rings. The fraction of sp³-hybridized carbons (Fsp3) is 0.956. The van der Waals surface area contributed by atoms with Crippen LogP contribution in [0.4, 0.5) is 0 Å². The van der Waals surface area contributed by atoms with E-state index in [9.17, 15) is 4.91 Å². The molecule has 9 rings (SSSR count). The van der Waals surface area contributed by atoms with E-state index in [1.54, 1.807) is 51.4 Å². The number of fused-ring (bicyclic) bond motifs is 13. The van der Waals surface area contributed by atoms with Crippen LogP contribution in [0.1, 0.15) is 155 Å². The SMILES string of the molecule is CC1CCC2C1C1CC3CCC4/C=C\C5CCC6C7CC(CCCC(C7)C5CCC4[C@@H]4CCCCC1CC3C4)C[C@](C)(CCN=O)C62. The van der Waals surface area contributed by atoms with Crippen LogP contribution in [0.15, 0.2) is 17.3 Å². The van der Waals surface area contributed by atoms with Crippen LogP contribution in [0, 0.1) is 111 Å². The van der Waals surface area contributed by atoms with Crippen LogP contribution in [0.3, 0.4) is 0 Å². The normalized spacial score (nSPS) is 56.1. The summed E-state index contributed by atoms with van der Waals surface area (Å²) in [4.78, 5) is 11.9. The molecule has 0 heterocycles. The molecule has 0 N–H and O–H groups in total. The number of hydrogen-bond donors (Lipinski definition) is 0. The van der Waals surface area contributed by atoms with Gasteiger partial charge in [0.25, 0.3) is 0 Å². The van der Waals surface area contributed by atoms with Crippen LogP contribution in [0.5, 0.6) is 0 Å². The van der Waals surface area contributed by atoms with Gasteiger partial charge in [0.15, 0.2) is 0 Å². The van der Waals surface area contributed by atoms with Gasteiger partial charge in [0.2, 0.25) is 0 Å². The number of nitrogens with zero attached hydrogens (tertiary/aromatic N) is 1. The minimum absolute atomic E-state index is 0.289. The maximum absolute atomic E-state index is 11.9. The van der Waals surface area contributed by atoms with Crippen LogP contribution in [0.25, 0.3) is 0 Å². The number of rotatable bonds is 3. The molecule has 47 heavy (non-hydrogen) atoms. The van der Waals surface area contributed by atoms with Crippen molar-refractivity contribution in [3.8, 4) is 0 Å². The molecule has 7 fully saturated rings. The number of hydrogen-bond acceptors (Lipinski definition) is 2. The molecule has 0 aromatic heterocycles. The highest BCUT2D eigenvalue weighted by Crippen LogP contribution is 2.65. The molecule has 7 saturated carbocycles. The third kappa shape index (κ3) is 5.78. The van der Waals surface area contributed by atoms with E-state index in [4.69, 9.17) is 0 Å². The Morgan fingerprint density at radius 1 is 0.574 bits per heavy atom. The third-order valence-electron chi connectivity index (χ3n) is 18.8. The van der Waals surface area contributed by atoms with Gasteiger partial charge in [-0.05, 0) is 196 Å². The van der Waals surface area contributed by atoms with Gasteiger partial charge in [0, 0.05) is 0 Å². The highest BCUT2D eigenvalue weighted by atomic mass is 16.3. The molecule has 0 saturated heterocycles. The Bertz CT molecular complexity index is 1140. The van der Waals surface area contributed by atoms with Crippen molar-refractivity contribution in [2.45, 2.75) is 155 Å². The molecule has 0 radical (unpaired) electrons. The first-order valence-corrected chi connectivity index (χ1v) is 22.0. The van der Waals surface area contributed by atoms with Gasteiger partial charge in [-0.15, -0.1) is 0 Å². The lowest BCUT2D eigenvalue weighted by atomic mass is 9.52. The Balaban J connectivity index is 1.23. The lowest BCUT2D eigenvalue weighted by molar-refractivity contribution is -0.0430. The van der Waals surface area contributed by atoms with Gasteiger partial charge in [0.1, 0.15) is 0 Å². The second-order valence-corrected chi connectivity index (χ2v) is 20.7. The third-order valence-corrected chi connectivity index (χ3v) is 18.8. The summed E-state index contributed by atoms with van der Waals surface area (Å²) < 4.78 is 0. The van der Waals surface area contributed by atoms with Crippen molar-refractivity contribution in [3.05, 3.63) is 17.1 Å². The van der Waals surface area contributed by atoms with E-state index in [-0.39, 0.29) is 5.41 Å². The second-order valence-electron chi connectivity index (χ2n) is 20.7. The molecule has 0 spiro atoms. The topological polar surface area (TPSA) is 29.4 Å². The molecule has 2 heteroatoms. The molecule has 0 aliphatic heterocycles. The van der Waals surface area contributed by atoms with Gasteiger partial charge in [-0.1, -0.05) is 82.5 Å². The smallest absolute Gasteiger partial charge is 0.0816 e. The van der Waals surface area contributed by atoms with E-state index < -0.39 is 0 Å². The monoisotopic (exact) mass is 642 g/mol. The van der Waals surface area contributed by atoms with Crippen molar-refractivity contribution in [3.63, 3.8) is 0 Å². The van der Waals surface area contributed by atoms with E-state index in [2.05, 4.69) is 31.2 Å². The highest BCUT2D eigenvalue weighted by molar-refractivity contribution is 5.09. The van der Waals surface area contributed by atoms with Crippen molar-refractivity contribution >= 4 is 0 Å². The summed E-state index contributed by atoms with van der Waals surface area (Å²) in [6.07, 6.45) is 38.8. The largest absolute Gasteiger partial charge is 0.151 e. The highest BCUT2D eigenvalue weighted by Gasteiger charge is 2.57. The van der Waals surface area contributed by atoms with Crippen LogP contribution in [-0.2, 0) is 0 Å². The first-order valence-electron chi connectivity index (χ1n) is 22.0. The van der Waals surface area contributed by atoms with Crippen molar-refractivity contribution in [2.24, 2.45) is 111 Å². The first kappa shape index (κ1) is 32.3. The molecular formula is C45H71NO. The van der Waals surface area contributed by atoms with Gasteiger partial charge < -0.3 is 0 Å². The quantitative estimate of drug-likeness (QED) is 0.223. The summed E-state index contributed by atoms with van der Waals surface area (Å²) in [5.41, 5.74) is 0.289. The summed E-state index contributed by atoms with van der Waals surface area (Å²) in [7, 11) is 0. The van der Waals surface area contributed by atoms with Gasteiger partial charge in [-0.25, -0.2) is 0 Å². The zero-order valence-corrected chi connectivity index (χ0v) is 30.6. The van der Waals surface area contributed by atoms with Crippen molar-refractivity contribution in [2.75, 3.05) is 6.54 Å². The lowest BCUT2D eigenvalue weighted by Gasteiger charge is -2.53. The first-order chi connectivity index (χ1) is 23.0. The average Bonchev–Trinajstić information content (AvgIpc) is 3.39. The van der Waals surface area contributed by atoms with E-state index in [0.717, 1.165) is 107 Å². The molecule has 2 nitrogen and oxygen atoms in total. The zero-order chi connectivity index (χ0) is 31.7. The molecule has 262 valence electrons. The summed E-state index contributed by atoms with van der Waals surface area (Å²) in [5, 5.41) is 3.62. The van der Waals surface area contributed by atoms with Gasteiger partial charge >= 0.3 is 0 Å². The van der Waals surface area contributed by atoms with Crippen LogP contribution < -0.4 is 0 Å². The summed E-state index contributed by atoms with van der Waals surface area (Å²) in [6.45, 7) is 6.03. The Labute approximate surface area is 289 Å². The Morgan fingerprint density at radius 3 is 1.96 bits per heavy atom. The molecule has 0 amide bonds. The predicted molar refractivity (Wildman–Crippen MR) is 194 cm³/mol. The summed E-state index contributed by atoms with van der Waals surface area (Å²) >= 11 is 0. The van der Waals surface area contributed by atoms with Gasteiger partial charge in [-0.3, -0.25) is 0 Å². The molecule has 9 aliphatic rings. The molecule has 9 aliphatic carbocycles. The maximum Gasteiger partial charge on any atom is 0.0816 e. The van der Waals surface area contributed by atoms with Crippen LogP contribution >= 0.6 is 0 Å². The zero-order valence-electron chi connectivity index (χ0n) is 30.6. The minimum atomic E-state index is 0.289. The summed E-state index contributed by atoms with van der Waals surface area (Å²) in [6, 6.07) is 0. The van der Waals surface area contributed by atoms with E-state index >= 15 is 0 Å². The Hall–Kier alpha value is -0.660. The fourth-order valence-electron chi connectivity index (χ4n) is 17.2. The van der Waals surface area contributed by atoms with Crippen molar-refractivity contribution < 1.29 is 0 Å². The second kappa shape index (κ2) is 13.1. The minimum Gasteiger partial charge on any atom is -0.151 e. The van der Waals surface area contributed by atoms with E-state index in [1.165, 1.54) is 83.5 Å². The molecule has 0 aromatic carbocycles. The standard InChI is InChI=1S/C45H71NO/c1-28-10-16-41-43(28)42-26-32-14-13-30-11-12-31-15-17-40-37-22-29(27-45(2,44(40)41)20-21-46-47)6-5-9-34(25-37)39(31)19-18-38(30)33-7-3-4-8-35(42)24-36(32)23-33/h11-12,28-44H,3-10,13-27H2,1-2H3/b12-11-/t28?,29?,30?,31?,32?,33-,34?,35?,36?,37?,38?,39?,40?,41?,42?,43?,44?,45+/m1/s1. The molecule has 18 atom stereocenters. The average molecular weight is 642 g/mol. The lowest BCUT2D eigenvalue weighted by Crippen LogP contribution is -2.46. The van der Waals surface area contributed by atoms with Crippen LogP contribution in [0.2, 0.25) is 0 Å². The number of allylic oxidation sites excluding steroid dienone is 2. The van der Waals surface area contributed by atoms with Crippen molar-refractivity contribution in [1.29, 1.82) is 0 Å². The molecule has 16 unspecified atom stereocenters. The van der Waals surface area contributed by atoms with Crippen LogP contribution in [-0.4, -0.2) is 6.54 Å². The number of nitroso groups, excluding NO2 is 1. The van der Waals surface area contributed by atoms with E-state index in [0.29, 0.717) is 6.54 Å². The van der Waals surface area contributed by atoms with Crippen molar-refractivity contribution in [1.82, 2.24) is 0 Å². The fourth-order valence-corrected chi connectivity index (χ4v) is 17.2. The predicted octanol–water partition coefficient (Wildman–Crippen LogP) is 12.5.